The number of hydrogen-bond acceptors (Lipinski definition) is 6. The third-order valence-corrected chi connectivity index (χ3v) is 12.5. The first-order chi connectivity index (χ1) is 33.1. The summed E-state index contributed by atoms with van der Waals surface area (Å²) in [7, 11) is 0. The van der Waals surface area contributed by atoms with Crippen LogP contribution in [0.2, 0.25) is 0 Å². The molecular formula is C61H41N5O. The highest BCUT2D eigenvalue weighted by molar-refractivity contribution is 6.16. The van der Waals surface area contributed by atoms with Gasteiger partial charge in [0, 0.05) is 39.4 Å². The third-order valence-electron chi connectivity index (χ3n) is 12.5. The number of amidine groups is 1. The van der Waals surface area contributed by atoms with Gasteiger partial charge in [-0.15, -0.1) is 0 Å². The zero-order valence-electron chi connectivity index (χ0n) is 36.4. The van der Waals surface area contributed by atoms with Crippen LogP contribution < -0.4 is 0 Å². The van der Waals surface area contributed by atoms with Gasteiger partial charge in [-0.2, -0.15) is 0 Å². The molecule has 1 aliphatic rings. The highest BCUT2D eigenvalue weighted by Gasteiger charge is 2.23. The van der Waals surface area contributed by atoms with Crippen LogP contribution in [0.15, 0.2) is 245 Å². The fourth-order valence-electron chi connectivity index (χ4n) is 9.05. The van der Waals surface area contributed by atoms with Crippen molar-refractivity contribution in [1.82, 2.24) is 15.0 Å². The van der Waals surface area contributed by atoms with Gasteiger partial charge in [0.15, 0.2) is 23.3 Å². The molecule has 0 bridgehead atoms. The normalized spacial score (nSPS) is 13.6. The van der Waals surface area contributed by atoms with Gasteiger partial charge in [0.25, 0.3) is 0 Å². The van der Waals surface area contributed by atoms with Gasteiger partial charge in [0.2, 0.25) is 0 Å². The fraction of sp³-hybridized carbons (Fsp3) is 0.0328. The van der Waals surface area contributed by atoms with Crippen molar-refractivity contribution in [1.29, 1.82) is 0 Å². The number of hydrogen-bond donors (Lipinski definition) is 0. The SMILES string of the molecule is c1ccc(-c2cccc(-c3nc(-c4cccc(-c5ccccc5)c4)nc(-c4cccc(-c5cccc(C6=NC(c7ccc8c(c7)oc7ccccc78)=NC(c7ccccc7)C6)c5)c4)n3)c2)cc1. The molecule has 0 radical (unpaired) electrons. The summed E-state index contributed by atoms with van der Waals surface area (Å²) in [5.41, 5.74) is 15.0. The van der Waals surface area contributed by atoms with E-state index in [0.29, 0.717) is 29.7 Å². The molecular weight excluding hydrogens is 819 g/mol. The lowest BCUT2D eigenvalue weighted by Crippen LogP contribution is -2.17. The number of fused-ring (bicyclic) bond motifs is 3. The van der Waals surface area contributed by atoms with Crippen LogP contribution in [0, 0.1) is 0 Å². The molecule has 0 N–H and O–H groups in total. The van der Waals surface area contributed by atoms with Crippen molar-refractivity contribution in [2.24, 2.45) is 9.98 Å². The summed E-state index contributed by atoms with van der Waals surface area (Å²) in [6.07, 6.45) is 0.664. The zero-order valence-corrected chi connectivity index (χ0v) is 36.4. The van der Waals surface area contributed by atoms with Crippen molar-refractivity contribution in [3.05, 3.63) is 247 Å². The number of para-hydroxylation sites is 1. The average molecular weight is 860 g/mol. The molecule has 67 heavy (non-hydrogen) atoms. The molecule has 0 amide bonds. The molecule has 12 rings (SSSR count). The average Bonchev–Trinajstić information content (AvgIpc) is 3.80. The number of aromatic nitrogens is 3. The first kappa shape index (κ1) is 39.7. The Morgan fingerprint density at radius 3 is 1.33 bits per heavy atom. The van der Waals surface area contributed by atoms with Gasteiger partial charge >= 0.3 is 0 Å². The monoisotopic (exact) mass is 859 g/mol. The second kappa shape index (κ2) is 17.3. The lowest BCUT2D eigenvalue weighted by molar-refractivity contribution is 0.669. The minimum absolute atomic E-state index is 0.101. The van der Waals surface area contributed by atoms with E-state index in [2.05, 4.69) is 194 Å². The number of aliphatic imine (C=N–C) groups is 2. The minimum atomic E-state index is -0.101. The Morgan fingerprint density at radius 2 is 0.761 bits per heavy atom. The second-order valence-corrected chi connectivity index (χ2v) is 16.8. The predicted molar refractivity (Wildman–Crippen MR) is 273 cm³/mol. The van der Waals surface area contributed by atoms with Crippen molar-refractivity contribution in [2.75, 3.05) is 0 Å². The van der Waals surface area contributed by atoms with E-state index in [1.54, 1.807) is 0 Å². The Kier molecular flexibility index (Phi) is 10.2. The maximum atomic E-state index is 6.30. The topological polar surface area (TPSA) is 76.5 Å². The number of benzene rings is 9. The number of rotatable bonds is 9. The maximum absolute atomic E-state index is 6.30. The van der Waals surface area contributed by atoms with Crippen molar-refractivity contribution in [2.45, 2.75) is 12.5 Å². The Labute approximate surface area is 388 Å². The van der Waals surface area contributed by atoms with Crippen LogP contribution in [0.3, 0.4) is 0 Å². The van der Waals surface area contributed by atoms with E-state index in [4.69, 9.17) is 29.4 Å². The summed E-state index contributed by atoms with van der Waals surface area (Å²) in [5, 5.41) is 2.18. The Balaban J connectivity index is 0.928. The molecule has 2 aromatic heterocycles. The van der Waals surface area contributed by atoms with Gasteiger partial charge in [-0.3, -0.25) is 4.99 Å². The molecule has 1 aliphatic heterocycles. The summed E-state index contributed by atoms with van der Waals surface area (Å²) < 4.78 is 6.30. The van der Waals surface area contributed by atoms with Crippen molar-refractivity contribution in [3.8, 4) is 67.5 Å². The van der Waals surface area contributed by atoms with Gasteiger partial charge < -0.3 is 4.42 Å². The second-order valence-electron chi connectivity index (χ2n) is 16.8. The minimum Gasteiger partial charge on any atom is -0.456 e. The number of nitrogens with zero attached hydrogens (tertiary/aromatic N) is 5. The van der Waals surface area contributed by atoms with Crippen LogP contribution in [-0.4, -0.2) is 26.5 Å². The fourth-order valence-corrected chi connectivity index (χ4v) is 9.05. The quantitative estimate of drug-likeness (QED) is 0.145. The van der Waals surface area contributed by atoms with E-state index in [0.717, 1.165) is 94.4 Å². The molecule has 0 aliphatic carbocycles. The van der Waals surface area contributed by atoms with Crippen molar-refractivity contribution >= 4 is 33.5 Å². The lowest BCUT2D eigenvalue weighted by Gasteiger charge is -2.21. The van der Waals surface area contributed by atoms with Crippen LogP contribution in [0.1, 0.15) is 29.2 Å². The van der Waals surface area contributed by atoms with Gasteiger partial charge in [-0.25, -0.2) is 19.9 Å². The molecule has 6 nitrogen and oxygen atoms in total. The molecule has 1 atom stereocenters. The van der Waals surface area contributed by atoms with E-state index in [1.165, 1.54) is 0 Å². The summed E-state index contributed by atoms with van der Waals surface area (Å²) in [4.78, 5) is 26.0. The molecule has 3 heterocycles. The summed E-state index contributed by atoms with van der Waals surface area (Å²) >= 11 is 0. The van der Waals surface area contributed by atoms with E-state index < -0.39 is 0 Å². The molecule has 0 spiro atoms. The standard InChI is InChI=1S/C61H41N5O/c1-4-16-40(17-5-1)43-22-13-27-48(35-43)59-64-60(49-28-14-23-44(36-49)41-18-6-2-7-19-41)66-61(65-59)50-29-15-25-46(37-50)45-24-12-26-47(34-45)55-39-54(42-20-8-3-9-21-42)62-58(63-55)51-32-33-53-52-30-10-11-31-56(52)67-57(53)38-51/h1-38,54H,39H2. The van der Waals surface area contributed by atoms with E-state index in [9.17, 15) is 0 Å². The molecule has 0 saturated carbocycles. The van der Waals surface area contributed by atoms with Gasteiger partial charge in [-0.05, 0) is 87.0 Å². The van der Waals surface area contributed by atoms with Crippen molar-refractivity contribution in [3.63, 3.8) is 0 Å². The Bertz CT molecular complexity index is 3570. The molecule has 11 aromatic rings. The molecule has 316 valence electrons. The molecule has 1 unspecified atom stereocenters. The van der Waals surface area contributed by atoms with Crippen LogP contribution in [0.4, 0.5) is 0 Å². The van der Waals surface area contributed by atoms with Gasteiger partial charge in [-0.1, -0.05) is 188 Å². The van der Waals surface area contributed by atoms with Gasteiger partial charge in [0.1, 0.15) is 11.2 Å². The summed E-state index contributed by atoms with van der Waals surface area (Å²) in [5.74, 6) is 2.50. The van der Waals surface area contributed by atoms with Crippen LogP contribution >= 0.6 is 0 Å². The highest BCUT2D eigenvalue weighted by Crippen LogP contribution is 2.35. The Morgan fingerprint density at radius 1 is 0.328 bits per heavy atom. The Hall–Kier alpha value is -8.87. The molecule has 0 fully saturated rings. The maximum Gasteiger partial charge on any atom is 0.164 e. The predicted octanol–water partition coefficient (Wildman–Crippen LogP) is 15.2. The lowest BCUT2D eigenvalue weighted by atomic mass is 9.93. The molecule has 0 saturated heterocycles. The van der Waals surface area contributed by atoms with E-state index in [1.807, 2.05) is 36.4 Å². The van der Waals surface area contributed by atoms with Crippen LogP contribution in [0.25, 0.3) is 89.5 Å². The van der Waals surface area contributed by atoms with Crippen molar-refractivity contribution < 1.29 is 4.42 Å². The number of furan rings is 1. The third kappa shape index (κ3) is 8.02. The van der Waals surface area contributed by atoms with E-state index >= 15 is 0 Å². The largest absolute Gasteiger partial charge is 0.456 e. The summed E-state index contributed by atoms with van der Waals surface area (Å²) in [6.45, 7) is 0. The van der Waals surface area contributed by atoms with E-state index in [-0.39, 0.29) is 6.04 Å². The first-order valence-electron chi connectivity index (χ1n) is 22.6. The molecule has 9 aromatic carbocycles. The zero-order chi connectivity index (χ0) is 44.5. The first-order valence-corrected chi connectivity index (χ1v) is 22.6. The van der Waals surface area contributed by atoms with Gasteiger partial charge in [0.05, 0.1) is 11.8 Å². The molecule has 6 heteroatoms. The van der Waals surface area contributed by atoms with Crippen LogP contribution in [0.5, 0.6) is 0 Å². The smallest absolute Gasteiger partial charge is 0.164 e. The van der Waals surface area contributed by atoms with Crippen LogP contribution in [-0.2, 0) is 0 Å². The highest BCUT2D eigenvalue weighted by atomic mass is 16.3. The summed E-state index contributed by atoms with van der Waals surface area (Å²) in [6, 6.07) is 79.6.